The molecule has 0 aliphatic carbocycles. The Morgan fingerprint density at radius 2 is 2.00 bits per heavy atom. The summed E-state index contributed by atoms with van der Waals surface area (Å²) in [5.74, 6) is -0.0449. The highest BCUT2D eigenvalue weighted by atomic mass is 32.1. The van der Waals surface area contributed by atoms with Gasteiger partial charge in [-0.25, -0.2) is 0 Å². The van der Waals surface area contributed by atoms with Crippen molar-refractivity contribution in [2.24, 2.45) is 0 Å². The van der Waals surface area contributed by atoms with Crippen LogP contribution in [0, 0.1) is 0 Å². The van der Waals surface area contributed by atoms with Crippen LogP contribution < -0.4 is 16.4 Å². The second-order valence-corrected chi connectivity index (χ2v) is 5.09. The molecule has 100 valence electrons. The molecular formula is C14H17N3OS. The van der Waals surface area contributed by atoms with Gasteiger partial charge in [-0.3, -0.25) is 4.79 Å². The van der Waals surface area contributed by atoms with Crippen LogP contribution >= 0.6 is 11.3 Å². The number of nitrogens with one attached hydrogen (secondary N) is 2. The number of nitrogen functional groups attached to an aromatic ring is 1. The fourth-order valence-electron chi connectivity index (χ4n) is 1.68. The van der Waals surface area contributed by atoms with E-state index in [0.29, 0.717) is 18.7 Å². The molecule has 0 aliphatic heterocycles. The van der Waals surface area contributed by atoms with Gasteiger partial charge in [0.05, 0.1) is 6.54 Å². The molecule has 1 aromatic carbocycles. The van der Waals surface area contributed by atoms with Crippen LogP contribution in [-0.2, 0) is 6.54 Å². The Morgan fingerprint density at radius 3 is 2.58 bits per heavy atom. The molecule has 0 saturated heterocycles. The maximum atomic E-state index is 11.6. The van der Waals surface area contributed by atoms with E-state index >= 15 is 0 Å². The minimum absolute atomic E-state index is 0.0449. The Labute approximate surface area is 116 Å². The molecule has 1 aromatic heterocycles. The maximum absolute atomic E-state index is 11.6. The van der Waals surface area contributed by atoms with E-state index in [1.165, 1.54) is 0 Å². The molecular weight excluding hydrogens is 258 g/mol. The second-order valence-electron chi connectivity index (χ2n) is 4.09. The lowest BCUT2D eigenvalue weighted by Gasteiger charge is -2.07. The summed E-state index contributed by atoms with van der Waals surface area (Å²) in [5.41, 5.74) is 8.28. The third kappa shape index (κ3) is 3.48. The average Bonchev–Trinajstić information content (AvgIpc) is 2.83. The smallest absolute Gasteiger partial charge is 0.251 e. The largest absolute Gasteiger partial charge is 0.398 e. The molecule has 0 fully saturated rings. The van der Waals surface area contributed by atoms with Crippen LogP contribution in [0.15, 0.2) is 35.7 Å². The molecule has 2 rings (SSSR count). The Hall–Kier alpha value is -2.01. The average molecular weight is 275 g/mol. The first-order chi connectivity index (χ1) is 9.20. The normalized spacial score (nSPS) is 10.2. The summed E-state index contributed by atoms with van der Waals surface area (Å²) < 4.78 is 0. The molecule has 1 amide bonds. The van der Waals surface area contributed by atoms with Gasteiger partial charge in [-0.15, -0.1) is 11.3 Å². The number of carbonyl (C=O) groups is 1. The fourth-order valence-corrected chi connectivity index (χ4v) is 2.42. The van der Waals surface area contributed by atoms with Gasteiger partial charge in [0.25, 0.3) is 5.91 Å². The molecule has 19 heavy (non-hydrogen) atoms. The summed E-state index contributed by atoms with van der Waals surface area (Å²) in [6, 6.07) is 9.32. The van der Waals surface area contributed by atoms with Crippen molar-refractivity contribution >= 4 is 28.6 Å². The van der Waals surface area contributed by atoms with E-state index in [2.05, 4.69) is 10.6 Å². The lowest BCUT2D eigenvalue weighted by molar-refractivity contribution is 0.0956. The first-order valence-corrected chi connectivity index (χ1v) is 7.02. The van der Waals surface area contributed by atoms with Crippen LogP contribution in [0.25, 0.3) is 0 Å². The maximum Gasteiger partial charge on any atom is 0.251 e. The minimum Gasteiger partial charge on any atom is -0.398 e. The molecule has 5 heteroatoms. The number of hydrogen-bond donors (Lipinski definition) is 3. The molecule has 0 unspecified atom stereocenters. The minimum atomic E-state index is -0.0449. The summed E-state index contributed by atoms with van der Waals surface area (Å²) in [6.07, 6.45) is 0. The van der Waals surface area contributed by atoms with E-state index in [1.54, 1.807) is 11.3 Å². The summed E-state index contributed by atoms with van der Waals surface area (Å²) in [5, 5.41) is 8.03. The number of benzene rings is 1. The molecule has 4 nitrogen and oxygen atoms in total. The van der Waals surface area contributed by atoms with E-state index < -0.39 is 0 Å². The Morgan fingerprint density at radius 1 is 1.26 bits per heavy atom. The van der Waals surface area contributed by atoms with Crippen molar-refractivity contribution in [1.29, 1.82) is 0 Å². The quantitative estimate of drug-likeness (QED) is 0.786. The van der Waals surface area contributed by atoms with Gasteiger partial charge < -0.3 is 16.4 Å². The van der Waals surface area contributed by atoms with Crippen molar-refractivity contribution in [3.63, 3.8) is 0 Å². The van der Waals surface area contributed by atoms with Gasteiger partial charge in [-0.2, -0.15) is 0 Å². The first kappa shape index (κ1) is 13.4. The van der Waals surface area contributed by atoms with Crippen molar-refractivity contribution in [1.82, 2.24) is 5.32 Å². The number of amides is 1. The molecule has 0 atom stereocenters. The number of nitrogens with two attached hydrogens (primary N) is 1. The van der Waals surface area contributed by atoms with E-state index in [9.17, 15) is 4.79 Å². The summed E-state index contributed by atoms with van der Waals surface area (Å²) in [6.45, 7) is 3.24. The van der Waals surface area contributed by atoms with Gasteiger partial charge >= 0.3 is 0 Å². The van der Waals surface area contributed by atoms with Crippen LogP contribution in [0.5, 0.6) is 0 Å². The zero-order valence-corrected chi connectivity index (χ0v) is 11.6. The van der Waals surface area contributed by atoms with Gasteiger partial charge in [0.2, 0.25) is 0 Å². The molecule has 0 radical (unpaired) electrons. The van der Waals surface area contributed by atoms with Gasteiger partial charge in [-0.05, 0) is 42.6 Å². The number of rotatable bonds is 5. The SMILES string of the molecule is CCNC(=O)c1ccc(NCc2sccc2N)cc1. The van der Waals surface area contributed by atoms with Crippen molar-refractivity contribution in [3.8, 4) is 0 Å². The highest BCUT2D eigenvalue weighted by molar-refractivity contribution is 7.10. The second kappa shape index (κ2) is 6.24. The molecule has 2 aromatic rings. The van der Waals surface area contributed by atoms with Crippen LogP contribution in [0.4, 0.5) is 11.4 Å². The Bertz CT molecular complexity index is 548. The van der Waals surface area contributed by atoms with Crippen LogP contribution in [-0.4, -0.2) is 12.5 Å². The predicted octanol–water partition coefficient (Wildman–Crippen LogP) is 2.69. The predicted molar refractivity (Wildman–Crippen MR) is 80.5 cm³/mol. The van der Waals surface area contributed by atoms with Gasteiger partial charge in [-0.1, -0.05) is 0 Å². The monoisotopic (exact) mass is 275 g/mol. The van der Waals surface area contributed by atoms with Crippen LogP contribution in [0.1, 0.15) is 22.2 Å². The highest BCUT2D eigenvalue weighted by Crippen LogP contribution is 2.20. The van der Waals surface area contributed by atoms with E-state index in [0.717, 1.165) is 16.3 Å². The van der Waals surface area contributed by atoms with Crippen molar-refractivity contribution in [2.75, 3.05) is 17.6 Å². The van der Waals surface area contributed by atoms with Crippen LogP contribution in [0.2, 0.25) is 0 Å². The van der Waals surface area contributed by atoms with Crippen molar-refractivity contribution < 1.29 is 4.79 Å². The lowest BCUT2D eigenvalue weighted by Crippen LogP contribution is -2.22. The van der Waals surface area contributed by atoms with E-state index in [-0.39, 0.29) is 5.91 Å². The lowest BCUT2D eigenvalue weighted by atomic mass is 10.2. The van der Waals surface area contributed by atoms with Gasteiger partial charge in [0.1, 0.15) is 0 Å². The number of thiophene rings is 1. The third-order valence-corrected chi connectivity index (χ3v) is 3.65. The standard InChI is InChI=1S/C14H17N3OS/c1-2-16-14(18)10-3-5-11(6-4-10)17-9-13-12(15)7-8-19-13/h3-8,17H,2,9,15H2,1H3,(H,16,18). The first-order valence-electron chi connectivity index (χ1n) is 6.14. The van der Waals surface area contributed by atoms with Crippen LogP contribution in [0.3, 0.4) is 0 Å². The number of anilines is 2. The zero-order chi connectivity index (χ0) is 13.7. The highest BCUT2D eigenvalue weighted by Gasteiger charge is 2.04. The molecule has 1 heterocycles. The number of carbonyl (C=O) groups excluding carboxylic acids is 1. The molecule has 0 saturated carbocycles. The molecule has 4 N–H and O–H groups in total. The van der Waals surface area contributed by atoms with Crippen molar-refractivity contribution in [3.05, 3.63) is 46.2 Å². The Balaban J connectivity index is 1.95. The van der Waals surface area contributed by atoms with Crippen molar-refractivity contribution in [2.45, 2.75) is 13.5 Å². The summed E-state index contributed by atoms with van der Waals surface area (Å²) in [4.78, 5) is 12.7. The molecule has 0 aliphatic rings. The topological polar surface area (TPSA) is 67.2 Å². The van der Waals surface area contributed by atoms with Gasteiger partial charge in [0.15, 0.2) is 0 Å². The Kier molecular flexibility index (Phi) is 4.41. The molecule has 0 spiro atoms. The number of hydrogen-bond acceptors (Lipinski definition) is 4. The third-order valence-electron chi connectivity index (χ3n) is 2.72. The zero-order valence-electron chi connectivity index (χ0n) is 10.8. The summed E-state index contributed by atoms with van der Waals surface area (Å²) in [7, 11) is 0. The molecule has 0 bridgehead atoms. The fraction of sp³-hybridized carbons (Fsp3) is 0.214. The summed E-state index contributed by atoms with van der Waals surface area (Å²) >= 11 is 1.63. The van der Waals surface area contributed by atoms with Gasteiger partial charge in [0, 0.05) is 28.4 Å². The van der Waals surface area contributed by atoms with E-state index in [1.807, 2.05) is 42.6 Å². The van der Waals surface area contributed by atoms with E-state index in [4.69, 9.17) is 5.73 Å².